The van der Waals surface area contributed by atoms with E-state index in [4.69, 9.17) is 4.74 Å². The van der Waals surface area contributed by atoms with Crippen LogP contribution in [0, 0.1) is 0 Å². The van der Waals surface area contributed by atoms with E-state index in [0.717, 1.165) is 17.4 Å². The van der Waals surface area contributed by atoms with Gasteiger partial charge in [-0.15, -0.1) is 0 Å². The molecule has 1 N–H and O–H groups in total. The van der Waals surface area contributed by atoms with Crippen molar-refractivity contribution in [2.24, 2.45) is 0 Å². The monoisotopic (exact) mass is 313 g/mol. The van der Waals surface area contributed by atoms with Gasteiger partial charge in [0.2, 0.25) is 0 Å². The summed E-state index contributed by atoms with van der Waals surface area (Å²) in [7, 11) is 0. The average molecular weight is 314 g/mol. The van der Waals surface area contributed by atoms with Crippen LogP contribution < -0.4 is 5.32 Å². The molecule has 0 unspecified atom stereocenters. The molecule has 0 aliphatic carbocycles. The number of hydrogen-bond donors (Lipinski definition) is 1. The van der Waals surface area contributed by atoms with Gasteiger partial charge >= 0.3 is 5.97 Å². The molecule has 4 heteroatoms. The van der Waals surface area contributed by atoms with Crippen LogP contribution in [-0.2, 0) is 16.0 Å². The molecule has 3 nitrogen and oxygen atoms in total. The molecular formula is C14H20BrNO2. The van der Waals surface area contributed by atoms with E-state index < -0.39 is 5.54 Å². The number of hydrogen-bond acceptors (Lipinski definition) is 3. The van der Waals surface area contributed by atoms with Crippen LogP contribution in [-0.4, -0.2) is 24.7 Å². The summed E-state index contributed by atoms with van der Waals surface area (Å²) < 4.78 is 6.09. The summed E-state index contributed by atoms with van der Waals surface area (Å²) in [6.07, 6.45) is 0.877. The molecular weight excluding hydrogens is 294 g/mol. The van der Waals surface area contributed by atoms with Crippen LogP contribution in [0.15, 0.2) is 28.7 Å². The second kappa shape index (κ2) is 6.90. The number of carbonyl (C=O) groups excluding carboxylic acids is 1. The van der Waals surface area contributed by atoms with E-state index in [1.165, 1.54) is 5.56 Å². The third-order valence-corrected chi connectivity index (χ3v) is 3.15. The fourth-order valence-corrected chi connectivity index (χ4v) is 2.04. The number of ether oxygens (including phenoxy) is 1. The summed E-state index contributed by atoms with van der Waals surface area (Å²) in [6.45, 7) is 6.64. The fourth-order valence-electron chi connectivity index (χ4n) is 1.60. The molecule has 0 spiro atoms. The maximum Gasteiger partial charge on any atom is 0.325 e. The zero-order valence-electron chi connectivity index (χ0n) is 11.1. The number of esters is 1. The van der Waals surface area contributed by atoms with Gasteiger partial charge in [0.15, 0.2) is 0 Å². The van der Waals surface area contributed by atoms with Crippen LogP contribution in [0.25, 0.3) is 0 Å². The van der Waals surface area contributed by atoms with Crippen molar-refractivity contribution in [1.29, 1.82) is 0 Å². The summed E-state index contributed by atoms with van der Waals surface area (Å²) in [4.78, 5) is 11.7. The summed E-state index contributed by atoms with van der Waals surface area (Å²) >= 11 is 3.44. The number of carbonyl (C=O) groups is 1. The summed E-state index contributed by atoms with van der Waals surface area (Å²) in [5.74, 6) is -0.209. The molecule has 1 aromatic rings. The van der Waals surface area contributed by atoms with Crippen LogP contribution in [0.4, 0.5) is 0 Å². The van der Waals surface area contributed by atoms with Crippen LogP contribution in [0.5, 0.6) is 0 Å². The lowest BCUT2D eigenvalue weighted by Crippen LogP contribution is -2.48. The Kier molecular flexibility index (Phi) is 5.82. The molecule has 0 radical (unpaired) electrons. The molecule has 0 aliphatic heterocycles. The minimum Gasteiger partial charge on any atom is -0.465 e. The van der Waals surface area contributed by atoms with E-state index in [0.29, 0.717) is 6.61 Å². The predicted octanol–water partition coefficient (Wildman–Crippen LogP) is 2.92. The van der Waals surface area contributed by atoms with E-state index in [2.05, 4.69) is 33.4 Å². The molecule has 100 valence electrons. The van der Waals surface area contributed by atoms with Crippen molar-refractivity contribution >= 4 is 21.9 Å². The Bertz CT molecular complexity index is 405. The Morgan fingerprint density at radius 3 is 2.78 bits per heavy atom. The molecule has 18 heavy (non-hydrogen) atoms. The van der Waals surface area contributed by atoms with Crippen LogP contribution in [0.2, 0.25) is 0 Å². The van der Waals surface area contributed by atoms with E-state index in [1.807, 2.05) is 32.9 Å². The van der Waals surface area contributed by atoms with Crippen molar-refractivity contribution in [2.75, 3.05) is 13.2 Å². The number of halogens is 1. The van der Waals surface area contributed by atoms with Gasteiger partial charge in [0.25, 0.3) is 0 Å². The van der Waals surface area contributed by atoms with Crippen molar-refractivity contribution in [3.05, 3.63) is 34.3 Å². The quantitative estimate of drug-likeness (QED) is 0.821. The summed E-state index contributed by atoms with van der Waals surface area (Å²) in [5, 5.41) is 3.22. The smallest absolute Gasteiger partial charge is 0.325 e. The maximum absolute atomic E-state index is 11.7. The highest BCUT2D eigenvalue weighted by Gasteiger charge is 2.27. The predicted molar refractivity (Wildman–Crippen MR) is 76.6 cm³/mol. The average Bonchev–Trinajstić information content (AvgIpc) is 2.29. The van der Waals surface area contributed by atoms with Gasteiger partial charge in [0.1, 0.15) is 5.54 Å². The Balaban J connectivity index is 2.43. The van der Waals surface area contributed by atoms with Crippen molar-refractivity contribution in [1.82, 2.24) is 5.32 Å². The van der Waals surface area contributed by atoms with Crippen molar-refractivity contribution in [3.63, 3.8) is 0 Å². The SMILES string of the molecule is CCOC(=O)C(C)(C)NCCc1cccc(Br)c1. The first-order chi connectivity index (χ1) is 8.45. The van der Waals surface area contributed by atoms with Gasteiger partial charge in [-0.1, -0.05) is 28.1 Å². The molecule has 0 atom stereocenters. The van der Waals surface area contributed by atoms with Crippen LogP contribution in [0.3, 0.4) is 0 Å². The maximum atomic E-state index is 11.7. The van der Waals surface area contributed by atoms with Gasteiger partial charge in [-0.3, -0.25) is 4.79 Å². The number of rotatable bonds is 6. The lowest BCUT2D eigenvalue weighted by molar-refractivity contribution is -0.149. The van der Waals surface area contributed by atoms with Crippen molar-refractivity contribution in [2.45, 2.75) is 32.7 Å². The minimum absolute atomic E-state index is 0.209. The molecule has 0 aromatic heterocycles. The van der Waals surface area contributed by atoms with Gasteiger partial charge < -0.3 is 10.1 Å². The van der Waals surface area contributed by atoms with E-state index in [9.17, 15) is 4.79 Å². The molecule has 0 bridgehead atoms. The second-order valence-electron chi connectivity index (χ2n) is 4.65. The van der Waals surface area contributed by atoms with E-state index in [1.54, 1.807) is 0 Å². The van der Waals surface area contributed by atoms with Gasteiger partial charge in [0, 0.05) is 11.0 Å². The van der Waals surface area contributed by atoms with Gasteiger partial charge in [0.05, 0.1) is 6.61 Å². The highest BCUT2D eigenvalue weighted by Crippen LogP contribution is 2.12. The zero-order chi connectivity index (χ0) is 13.6. The number of benzene rings is 1. The van der Waals surface area contributed by atoms with Crippen LogP contribution >= 0.6 is 15.9 Å². The third-order valence-electron chi connectivity index (χ3n) is 2.66. The fraction of sp³-hybridized carbons (Fsp3) is 0.500. The molecule has 0 saturated carbocycles. The largest absolute Gasteiger partial charge is 0.465 e. The second-order valence-corrected chi connectivity index (χ2v) is 5.57. The Labute approximate surface area is 117 Å². The Morgan fingerprint density at radius 1 is 1.44 bits per heavy atom. The number of nitrogens with one attached hydrogen (secondary N) is 1. The van der Waals surface area contributed by atoms with E-state index >= 15 is 0 Å². The topological polar surface area (TPSA) is 38.3 Å². The highest BCUT2D eigenvalue weighted by atomic mass is 79.9. The normalized spacial score (nSPS) is 11.3. The Hall–Kier alpha value is -0.870. The van der Waals surface area contributed by atoms with Gasteiger partial charge in [-0.2, -0.15) is 0 Å². The summed E-state index contributed by atoms with van der Waals surface area (Å²) in [6, 6.07) is 8.16. The molecule has 0 saturated heterocycles. The van der Waals surface area contributed by atoms with Crippen LogP contribution in [0.1, 0.15) is 26.3 Å². The Morgan fingerprint density at radius 2 is 2.17 bits per heavy atom. The molecule has 0 heterocycles. The molecule has 1 rings (SSSR count). The first kappa shape index (κ1) is 15.2. The molecule has 0 aliphatic rings. The lowest BCUT2D eigenvalue weighted by atomic mass is 10.1. The van der Waals surface area contributed by atoms with Gasteiger partial charge in [-0.25, -0.2) is 0 Å². The first-order valence-corrected chi connectivity index (χ1v) is 6.91. The minimum atomic E-state index is -0.637. The highest BCUT2D eigenvalue weighted by molar-refractivity contribution is 9.10. The summed E-state index contributed by atoms with van der Waals surface area (Å²) in [5.41, 5.74) is 0.596. The van der Waals surface area contributed by atoms with Crippen molar-refractivity contribution in [3.8, 4) is 0 Å². The third kappa shape index (κ3) is 4.78. The lowest BCUT2D eigenvalue weighted by Gasteiger charge is -2.23. The first-order valence-electron chi connectivity index (χ1n) is 6.12. The molecule has 0 amide bonds. The van der Waals surface area contributed by atoms with Gasteiger partial charge in [-0.05, 0) is 44.9 Å². The molecule has 1 aromatic carbocycles. The zero-order valence-corrected chi connectivity index (χ0v) is 12.7. The van der Waals surface area contributed by atoms with Crippen molar-refractivity contribution < 1.29 is 9.53 Å². The molecule has 0 fully saturated rings. The standard InChI is InChI=1S/C14H20BrNO2/c1-4-18-13(17)14(2,3)16-9-8-11-6-5-7-12(15)10-11/h5-7,10,16H,4,8-9H2,1-3H3. The van der Waals surface area contributed by atoms with E-state index in [-0.39, 0.29) is 5.97 Å².